The second-order valence-electron chi connectivity index (χ2n) is 4.20. The van der Waals surface area contributed by atoms with Gasteiger partial charge in [-0.05, 0) is 37.3 Å². The zero-order chi connectivity index (χ0) is 13.1. The molecule has 0 saturated carbocycles. The number of aryl methyl sites for hydroxylation is 1. The molecule has 3 aromatic heterocycles. The monoisotopic (exact) mass is 248 g/mol. The van der Waals surface area contributed by atoms with Crippen molar-refractivity contribution in [2.75, 3.05) is 0 Å². The lowest BCUT2D eigenvalue weighted by Crippen LogP contribution is -1.95. The lowest BCUT2D eigenvalue weighted by atomic mass is 10.1. The first-order valence-corrected chi connectivity index (χ1v) is 5.99. The summed E-state index contributed by atoms with van der Waals surface area (Å²) in [6.45, 7) is 1.96. The van der Waals surface area contributed by atoms with E-state index in [1.54, 1.807) is 24.8 Å². The van der Waals surface area contributed by atoms with Crippen molar-refractivity contribution in [3.8, 4) is 22.6 Å². The molecular weight excluding hydrogens is 236 g/mol. The molecule has 0 radical (unpaired) electrons. The molecule has 3 aromatic rings. The van der Waals surface area contributed by atoms with Gasteiger partial charge in [0, 0.05) is 41.6 Å². The van der Waals surface area contributed by atoms with E-state index in [9.17, 15) is 0 Å². The molecule has 0 saturated heterocycles. The maximum atomic E-state index is 4.58. The van der Waals surface area contributed by atoms with E-state index in [0.717, 1.165) is 22.5 Å². The Hall–Kier alpha value is -2.62. The fourth-order valence-electron chi connectivity index (χ4n) is 1.85. The molecule has 3 rings (SSSR count). The molecule has 4 heteroatoms. The van der Waals surface area contributed by atoms with Crippen molar-refractivity contribution in [1.82, 2.24) is 19.9 Å². The van der Waals surface area contributed by atoms with Gasteiger partial charge in [-0.25, -0.2) is 9.97 Å². The van der Waals surface area contributed by atoms with Crippen LogP contribution in [0.1, 0.15) is 5.69 Å². The highest BCUT2D eigenvalue weighted by Crippen LogP contribution is 2.20. The first kappa shape index (κ1) is 11.5. The van der Waals surface area contributed by atoms with Gasteiger partial charge in [0.15, 0.2) is 5.82 Å². The topological polar surface area (TPSA) is 51.6 Å². The molecule has 0 unspecified atom stereocenters. The summed E-state index contributed by atoms with van der Waals surface area (Å²) in [5.41, 5.74) is 3.70. The summed E-state index contributed by atoms with van der Waals surface area (Å²) in [5.74, 6) is 0.687. The largest absolute Gasteiger partial charge is 0.264 e. The Morgan fingerprint density at radius 1 is 0.842 bits per heavy atom. The molecule has 0 spiro atoms. The number of rotatable bonds is 2. The first-order valence-electron chi connectivity index (χ1n) is 5.99. The van der Waals surface area contributed by atoms with E-state index in [1.807, 2.05) is 37.3 Å². The van der Waals surface area contributed by atoms with E-state index in [1.165, 1.54) is 0 Å². The summed E-state index contributed by atoms with van der Waals surface area (Å²) < 4.78 is 0. The average Bonchev–Trinajstić information content (AvgIpc) is 2.48. The van der Waals surface area contributed by atoms with Gasteiger partial charge in [0.05, 0.1) is 5.69 Å². The normalized spacial score (nSPS) is 10.4. The molecule has 0 aliphatic heterocycles. The molecule has 0 N–H and O–H groups in total. The van der Waals surface area contributed by atoms with Crippen molar-refractivity contribution >= 4 is 0 Å². The molecule has 4 nitrogen and oxygen atoms in total. The van der Waals surface area contributed by atoms with Gasteiger partial charge >= 0.3 is 0 Å². The highest BCUT2D eigenvalue weighted by Gasteiger charge is 2.06. The third-order valence-corrected chi connectivity index (χ3v) is 2.73. The Kier molecular flexibility index (Phi) is 2.98. The number of pyridine rings is 2. The van der Waals surface area contributed by atoms with Crippen LogP contribution in [0.4, 0.5) is 0 Å². The van der Waals surface area contributed by atoms with Crippen molar-refractivity contribution in [3.05, 3.63) is 60.8 Å². The molecule has 0 atom stereocenters. The number of nitrogens with zero attached hydrogens (tertiary/aromatic N) is 4. The molecule has 0 aromatic carbocycles. The number of hydrogen-bond acceptors (Lipinski definition) is 4. The molecule has 0 aliphatic rings. The van der Waals surface area contributed by atoms with Gasteiger partial charge in [0.1, 0.15) is 0 Å². The predicted molar refractivity (Wildman–Crippen MR) is 73.2 cm³/mol. The van der Waals surface area contributed by atoms with Gasteiger partial charge in [0.25, 0.3) is 0 Å². The van der Waals surface area contributed by atoms with Crippen molar-refractivity contribution in [2.45, 2.75) is 6.92 Å². The van der Waals surface area contributed by atoms with E-state index in [4.69, 9.17) is 0 Å². The van der Waals surface area contributed by atoms with Crippen LogP contribution in [0.5, 0.6) is 0 Å². The van der Waals surface area contributed by atoms with Crippen LogP contribution in [0.15, 0.2) is 55.1 Å². The highest BCUT2D eigenvalue weighted by molar-refractivity contribution is 5.62. The highest BCUT2D eigenvalue weighted by atomic mass is 14.9. The Bertz CT molecular complexity index is 623. The molecule has 0 fully saturated rings. The predicted octanol–water partition coefficient (Wildman–Crippen LogP) is 2.91. The van der Waals surface area contributed by atoms with E-state index in [2.05, 4.69) is 19.9 Å². The third kappa shape index (κ3) is 2.47. The van der Waals surface area contributed by atoms with Crippen LogP contribution in [0.2, 0.25) is 0 Å². The second-order valence-corrected chi connectivity index (χ2v) is 4.20. The Labute approximate surface area is 111 Å². The number of aromatic nitrogens is 4. The van der Waals surface area contributed by atoms with Crippen LogP contribution in [-0.2, 0) is 0 Å². The van der Waals surface area contributed by atoms with Crippen LogP contribution in [-0.4, -0.2) is 19.9 Å². The van der Waals surface area contributed by atoms with E-state index in [0.29, 0.717) is 5.82 Å². The van der Waals surface area contributed by atoms with Crippen molar-refractivity contribution < 1.29 is 0 Å². The van der Waals surface area contributed by atoms with Gasteiger partial charge in [-0.15, -0.1) is 0 Å². The zero-order valence-corrected chi connectivity index (χ0v) is 10.5. The SMILES string of the molecule is Cc1cc(-c2cccnc2)nc(-c2cccnc2)n1. The van der Waals surface area contributed by atoms with Gasteiger partial charge in [-0.3, -0.25) is 9.97 Å². The molecule has 0 aliphatic carbocycles. The summed E-state index contributed by atoms with van der Waals surface area (Å²) in [4.78, 5) is 17.3. The summed E-state index contributed by atoms with van der Waals surface area (Å²) in [5, 5.41) is 0. The average molecular weight is 248 g/mol. The summed E-state index contributed by atoms with van der Waals surface area (Å²) in [6, 6.07) is 9.68. The minimum Gasteiger partial charge on any atom is -0.264 e. The smallest absolute Gasteiger partial charge is 0.161 e. The fourth-order valence-corrected chi connectivity index (χ4v) is 1.85. The maximum Gasteiger partial charge on any atom is 0.161 e. The summed E-state index contributed by atoms with van der Waals surface area (Å²) >= 11 is 0. The van der Waals surface area contributed by atoms with E-state index >= 15 is 0 Å². The van der Waals surface area contributed by atoms with Gasteiger partial charge in [-0.2, -0.15) is 0 Å². The minimum atomic E-state index is 0.687. The molecule has 3 heterocycles. The van der Waals surface area contributed by atoms with E-state index in [-0.39, 0.29) is 0 Å². The van der Waals surface area contributed by atoms with Gasteiger partial charge in [0.2, 0.25) is 0 Å². The van der Waals surface area contributed by atoms with Crippen LogP contribution in [0, 0.1) is 6.92 Å². The third-order valence-electron chi connectivity index (χ3n) is 2.73. The second kappa shape index (κ2) is 4.94. The quantitative estimate of drug-likeness (QED) is 0.699. The Balaban J connectivity index is 2.12. The molecule has 19 heavy (non-hydrogen) atoms. The van der Waals surface area contributed by atoms with Crippen molar-refractivity contribution in [3.63, 3.8) is 0 Å². The molecule has 92 valence electrons. The molecule has 0 amide bonds. The molecular formula is C15H12N4. The zero-order valence-electron chi connectivity index (χ0n) is 10.5. The Morgan fingerprint density at radius 2 is 1.53 bits per heavy atom. The summed E-state index contributed by atoms with van der Waals surface area (Å²) in [6.07, 6.45) is 7.05. The van der Waals surface area contributed by atoms with Gasteiger partial charge < -0.3 is 0 Å². The van der Waals surface area contributed by atoms with Crippen molar-refractivity contribution in [1.29, 1.82) is 0 Å². The maximum absolute atomic E-state index is 4.58. The lowest BCUT2D eigenvalue weighted by molar-refractivity contribution is 1.11. The van der Waals surface area contributed by atoms with Gasteiger partial charge in [-0.1, -0.05) is 0 Å². The minimum absolute atomic E-state index is 0.687. The van der Waals surface area contributed by atoms with Crippen LogP contribution < -0.4 is 0 Å². The van der Waals surface area contributed by atoms with Crippen molar-refractivity contribution in [2.24, 2.45) is 0 Å². The first-order chi connectivity index (χ1) is 9.33. The van der Waals surface area contributed by atoms with Crippen LogP contribution in [0.3, 0.4) is 0 Å². The standard InChI is InChI=1S/C15H12N4/c1-11-8-14(12-4-2-6-16-9-12)19-15(18-11)13-5-3-7-17-10-13/h2-10H,1H3. The fraction of sp³-hybridized carbons (Fsp3) is 0.0667. The molecule has 0 bridgehead atoms. The van der Waals surface area contributed by atoms with E-state index < -0.39 is 0 Å². The van der Waals surface area contributed by atoms with Crippen LogP contribution in [0.25, 0.3) is 22.6 Å². The lowest BCUT2D eigenvalue weighted by Gasteiger charge is -2.05. The van der Waals surface area contributed by atoms with Crippen LogP contribution >= 0.6 is 0 Å². The Morgan fingerprint density at radius 3 is 2.16 bits per heavy atom. The number of hydrogen-bond donors (Lipinski definition) is 0. The summed E-state index contributed by atoms with van der Waals surface area (Å²) in [7, 11) is 0.